The van der Waals surface area contributed by atoms with Crippen molar-refractivity contribution < 1.29 is 0 Å². The Morgan fingerprint density at radius 2 is 2.31 bits per heavy atom. The topological polar surface area (TPSA) is 107 Å². The molecule has 0 aliphatic heterocycles. The van der Waals surface area contributed by atoms with E-state index in [0.29, 0.717) is 17.3 Å². The molecular weight excluding hydrogens is 210 g/mol. The van der Waals surface area contributed by atoms with Crippen LogP contribution in [0, 0.1) is 0 Å². The van der Waals surface area contributed by atoms with E-state index in [1.165, 1.54) is 15.4 Å². The molecule has 0 amide bonds. The summed E-state index contributed by atoms with van der Waals surface area (Å²) in [6.07, 6.45) is 3.06. The Morgan fingerprint density at radius 3 is 3.06 bits per heavy atom. The summed E-state index contributed by atoms with van der Waals surface area (Å²) in [7, 11) is 0. The molecule has 3 heterocycles. The molecule has 16 heavy (non-hydrogen) atoms. The number of hydrogen-bond acceptors (Lipinski definition) is 5. The zero-order valence-electron chi connectivity index (χ0n) is 8.03. The minimum atomic E-state index is -0.325. The van der Waals surface area contributed by atoms with E-state index in [1.54, 1.807) is 18.3 Å². The van der Waals surface area contributed by atoms with Gasteiger partial charge in [-0.15, -0.1) is 5.10 Å². The molecule has 3 aromatic heterocycles. The summed E-state index contributed by atoms with van der Waals surface area (Å²) in [5.74, 6) is 0.948. The first kappa shape index (κ1) is 8.65. The highest BCUT2D eigenvalue weighted by Gasteiger charge is 2.04. The van der Waals surface area contributed by atoms with Crippen molar-refractivity contribution in [1.29, 1.82) is 0 Å². The van der Waals surface area contributed by atoms with Crippen molar-refractivity contribution >= 4 is 11.5 Å². The number of nitrogens with one attached hydrogen (secondary N) is 1. The van der Waals surface area contributed by atoms with E-state index in [-0.39, 0.29) is 5.69 Å². The number of nitrogens with zero attached hydrogens (tertiary/aromatic N) is 5. The van der Waals surface area contributed by atoms with Crippen LogP contribution in [0.25, 0.3) is 11.5 Å². The summed E-state index contributed by atoms with van der Waals surface area (Å²) in [4.78, 5) is 15.3. The van der Waals surface area contributed by atoms with Crippen molar-refractivity contribution in [2.75, 3.05) is 5.73 Å². The number of aromatic amines is 1. The van der Waals surface area contributed by atoms with Crippen LogP contribution in [0.4, 0.5) is 5.82 Å². The first-order valence-corrected chi connectivity index (χ1v) is 4.48. The molecule has 0 aromatic carbocycles. The fourth-order valence-corrected chi connectivity index (χ4v) is 1.39. The number of aromatic nitrogens is 6. The maximum absolute atomic E-state index is 11.2. The van der Waals surface area contributed by atoms with Gasteiger partial charge in [-0.05, 0) is 0 Å². The van der Waals surface area contributed by atoms with Crippen molar-refractivity contribution in [3.05, 3.63) is 35.1 Å². The Bertz CT molecular complexity index is 706. The van der Waals surface area contributed by atoms with Crippen LogP contribution in [-0.2, 0) is 0 Å². The number of fused-ring (bicyclic) bond motifs is 1. The number of hydrogen-bond donors (Lipinski definition) is 2. The van der Waals surface area contributed by atoms with Crippen LogP contribution in [0.1, 0.15) is 0 Å². The molecule has 0 saturated carbocycles. The van der Waals surface area contributed by atoms with Crippen LogP contribution in [0.15, 0.2) is 29.5 Å². The third kappa shape index (κ3) is 1.16. The first-order valence-electron chi connectivity index (χ1n) is 4.48. The summed E-state index contributed by atoms with van der Waals surface area (Å²) in [6, 6.07) is 3.28. The summed E-state index contributed by atoms with van der Waals surface area (Å²) in [5, 5.41) is 10.1. The van der Waals surface area contributed by atoms with Crippen molar-refractivity contribution in [3.8, 4) is 5.82 Å². The van der Waals surface area contributed by atoms with Gasteiger partial charge in [-0.1, -0.05) is 0 Å². The summed E-state index contributed by atoms with van der Waals surface area (Å²) in [6.45, 7) is 0. The Balaban J connectivity index is 2.22. The molecule has 8 heteroatoms. The van der Waals surface area contributed by atoms with Gasteiger partial charge in [0, 0.05) is 18.3 Å². The van der Waals surface area contributed by atoms with Gasteiger partial charge < -0.3 is 5.73 Å². The molecule has 0 bridgehead atoms. The summed E-state index contributed by atoms with van der Waals surface area (Å²) in [5.41, 5.74) is 5.65. The highest BCUT2D eigenvalue weighted by molar-refractivity contribution is 5.42. The molecule has 8 nitrogen and oxygen atoms in total. The van der Waals surface area contributed by atoms with Gasteiger partial charge in [0.25, 0.3) is 0 Å². The normalized spacial score (nSPS) is 11.0. The van der Waals surface area contributed by atoms with Gasteiger partial charge >= 0.3 is 5.69 Å². The molecule has 3 N–H and O–H groups in total. The van der Waals surface area contributed by atoms with Crippen LogP contribution >= 0.6 is 0 Å². The van der Waals surface area contributed by atoms with E-state index in [1.807, 2.05) is 0 Å². The number of nitrogens with two attached hydrogens (primary N) is 1. The summed E-state index contributed by atoms with van der Waals surface area (Å²) < 4.78 is 2.81. The largest absolute Gasteiger partial charge is 0.382 e. The smallest absolute Gasteiger partial charge is 0.348 e. The molecule has 80 valence electrons. The Labute approximate surface area is 88.3 Å². The number of anilines is 1. The quantitative estimate of drug-likeness (QED) is 0.554. The molecular formula is C8H7N7O. The first-order chi connectivity index (χ1) is 7.74. The van der Waals surface area contributed by atoms with Crippen molar-refractivity contribution in [2.24, 2.45) is 0 Å². The van der Waals surface area contributed by atoms with E-state index >= 15 is 0 Å². The van der Waals surface area contributed by atoms with Crippen LogP contribution in [0.3, 0.4) is 0 Å². The predicted molar refractivity (Wildman–Crippen MR) is 55.1 cm³/mol. The second-order valence-corrected chi connectivity index (χ2v) is 3.19. The van der Waals surface area contributed by atoms with E-state index in [0.717, 1.165) is 0 Å². The van der Waals surface area contributed by atoms with Gasteiger partial charge in [0.1, 0.15) is 12.1 Å². The second kappa shape index (κ2) is 2.92. The molecule has 0 fully saturated rings. The van der Waals surface area contributed by atoms with Crippen LogP contribution in [-0.4, -0.2) is 29.4 Å². The lowest BCUT2D eigenvalue weighted by Gasteiger charge is -1.98. The van der Waals surface area contributed by atoms with Gasteiger partial charge in [-0.25, -0.2) is 24.0 Å². The lowest BCUT2D eigenvalue weighted by atomic mass is 10.5. The van der Waals surface area contributed by atoms with E-state index in [4.69, 9.17) is 5.73 Å². The standard InChI is InChI=1S/C8H7N7O/c9-5-1-2-15(13-5)6-3-7-11-12-8(16)14(7)4-10-6/h1-4H,(H2,9,13)(H,12,16). The Morgan fingerprint density at radius 1 is 1.44 bits per heavy atom. The molecule has 3 aromatic rings. The molecule has 0 aliphatic rings. The van der Waals surface area contributed by atoms with Crippen molar-refractivity contribution in [1.82, 2.24) is 29.4 Å². The van der Waals surface area contributed by atoms with Crippen LogP contribution in [0.2, 0.25) is 0 Å². The van der Waals surface area contributed by atoms with E-state index in [2.05, 4.69) is 20.3 Å². The van der Waals surface area contributed by atoms with Gasteiger partial charge in [0.2, 0.25) is 0 Å². The van der Waals surface area contributed by atoms with Gasteiger partial charge in [0.15, 0.2) is 11.5 Å². The lowest BCUT2D eigenvalue weighted by Crippen LogP contribution is -2.10. The van der Waals surface area contributed by atoms with Gasteiger partial charge in [-0.3, -0.25) is 0 Å². The average molecular weight is 217 g/mol. The fourth-order valence-electron chi connectivity index (χ4n) is 1.39. The van der Waals surface area contributed by atoms with E-state index in [9.17, 15) is 4.79 Å². The minimum Gasteiger partial charge on any atom is -0.382 e. The van der Waals surface area contributed by atoms with Crippen molar-refractivity contribution in [3.63, 3.8) is 0 Å². The fraction of sp³-hybridized carbons (Fsp3) is 0. The highest BCUT2D eigenvalue weighted by Crippen LogP contribution is 2.06. The maximum Gasteiger partial charge on any atom is 0.348 e. The SMILES string of the molecule is Nc1ccn(-c2cc3n[nH]c(=O)n3cn2)n1. The summed E-state index contributed by atoms with van der Waals surface area (Å²) >= 11 is 0. The average Bonchev–Trinajstić information content (AvgIpc) is 2.86. The molecule has 0 spiro atoms. The number of H-pyrrole nitrogens is 1. The second-order valence-electron chi connectivity index (χ2n) is 3.19. The van der Waals surface area contributed by atoms with E-state index < -0.39 is 0 Å². The number of rotatable bonds is 1. The number of nitrogen functional groups attached to an aromatic ring is 1. The lowest BCUT2D eigenvalue weighted by molar-refractivity contribution is 0.839. The highest BCUT2D eigenvalue weighted by atomic mass is 16.1. The van der Waals surface area contributed by atoms with Crippen LogP contribution < -0.4 is 11.4 Å². The third-order valence-corrected chi connectivity index (χ3v) is 2.14. The Hall–Kier alpha value is -2.64. The maximum atomic E-state index is 11.2. The van der Waals surface area contributed by atoms with Crippen molar-refractivity contribution in [2.45, 2.75) is 0 Å². The molecule has 0 unspecified atom stereocenters. The third-order valence-electron chi connectivity index (χ3n) is 2.14. The minimum absolute atomic E-state index is 0.325. The molecule has 0 atom stereocenters. The molecule has 0 radical (unpaired) electrons. The monoisotopic (exact) mass is 217 g/mol. The zero-order chi connectivity index (χ0) is 11.1. The molecule has 0 aliphatic carbocycles. The van der Waals surface area contributed by atoms with Crippen LogP contribution in [0.5, 0.6) is 0 Å². The predicted octanol–water partition coefficient (Wildman–Crippen LogP) is -0.815. The Kier molecular flexibility index (Phi) is 1.58. The van der Waals surface area contributed by atoms with Gasteiger partial charge in [0.05, 0.1) is 0 Å². The van der Waals surface area contributed by atoms with Gasteiger partial charge in [-0.2, -0.15) is 5.10 Å². The zero-order valence-corrected chi connectivity index (χ0v) is 8.03. The molecule has 3 rings (SSSR count). The molecule has 0 saturated heterocycles.